The minimum Gasteiger partial charge on any atom is -0.505 e. The molecule has 1 atom stereocenters. The van der Waals surface area contributed by atoms with Crippen LogP contribution in [0.4, 0.5) is 0 Å². The third-order valence-corrected chi connectivity index (χ3v) is 9.25. The maximum atomic E-state index is 13.0. The van der Waals surface area contributed by atoms with E-state index in [2.05, 4.69) is 0 Å². The number of nitrogens with zero attached hydrogens (tertiary/aromatic N) is 2. The van der Waals surface area contributed by atoms with E-state index in [0.717, 1.165) is 58.0 Å². The summed E-state index contributed by atoms with van der Waals surface area (Å²) in [6, 6.07) is 2.58. The first kappa shape index (κ1) is 28.0. The van der Waals surface area contributed by atoms with E-state index in [0.29, 0.717) is 24.9 Å². The quantitative estimate of drug-likeness (QED) is 0.450. The Bertz CT molecular complexity index is 922. The standard InChI is InChI=1S/C24H38Cl2N2O5S/c1-24(2,3)33-23(30)27-11-7-17(8-12-27)5-4-6-18-9-13-28(14-10-18)34(31,32)21-16-19(25)15-20(26)22(21)29/h15-18,23,29-30H,4-14H2,1-3H3. The van der Waals surface area contributed by atoms with Crippen molar-refractivity contribution in [2.45, 2.75) is 82.6 Å². The van der Waals surface area contributed by atoms with Gasteiger partial charge in [0.25, 0.3) is 0 Å². The number of aliphatic hydroxyl groups is 1. The molecule has 0 bridgehead atoms. The van der Waals surface area contributed by atoms with Crippen LogP contribution in [-0.2, 0) is 14.8 Å². The van der Waals surface area contributed by atoms with Crippen LogP contribution in [0.15, 0.2) is 17.0 Å². The average Bonchev–Trinajstić information content (AvgIpc) is 2.76. The van der Waals surface area contributed by atoms with Gasteiger partial charge in [0.15, 0.2) is 5.75 Å². The third-order valence-electron chi connectivity index (χ3n) is 6.83. The highest BCUT2D eigenvalue weighted by molar-refractivity contribution is 7.89. The monoisotopic (exact) mass is 536 g/mol. The maximum Gasteiger partial charge on any atom is 0.246 e. The number of ether oxygens (including phenoxy) is 1. The number of aromatic hydroxyl groups is 1. The molecule has 7 nitrogen and oxygen atoms in total. The Morgan fingerprint density at radius 1 is 1.03 bits per heavy atom. The van der Waals surface area contributed by atoms with Crippen LogP contribution in [0, 0.1) is 11.8 Å². The van der Waals surface area contributed by atoms with Gasteiger partial charge >= 0.3 is 0 Å². The topological polar surface area (TPSA) is 90.3 Å². The van der Waals surface area contributed by atoms with E-state index in [4.69, 9.17) is 27.9 Å². The fourth-order valence-electron chi connectivity index (χ4n) is 4.86. The van der Waals surface area contributed by atoms with Crippen molar-refractivity contribution < 1.29 is 23.4 Å². The van der Waals surface area contributed by atoms with Gasteiger partial charge in [-0.2, -0.15) is 4.31 Å². The molecule has 0 radical (unpaired) electrons. The summed E-state index contributed by atoms with van der Waals surface area (Å²) in [6.07, 6.45) is 6.29. The smallest absolute Gasteiger partial charge is 0.246 e. The number of halogens is 2. The first-order chi connectivity index (χ1) is 15.9. The number of hydrogen-bond acceptors (Lipinski definition) is 6. The first-order valence-electron chi connectivity index (χ1n) is 12.1. The number of phenols is 1. The SMILES string of the molecule is CC(C)(C)OC(O)N1CCC(CCCC2CCN(S(=O)(=O)c3cc(Cl)cc(Cl)c3O)CC2)CC1. The van der Waals surface area contributed by atoms with Gasteiger partial charge in [-0.25, -0.2) is 8.42 Å². The summed E-state index contributed by atoms with van der Waals surface area (Å²) in [7, 11) is -3.84. The fraction of sp³-hybridized carbons (Fsp3) is 0.750. The third kappa shape index (κ3) is 7.45. The molecule has 1 aromatic rings. The van der Waals surface area contributed by atoms with Crippen molar-refractivity contribution in [3.05, 3.63) is 22.2 Å². The number of hydrogen-bond donors (Lipinski definition) is 2. The van der Waals surface area contributed by atoms with Gasteiger partial charge in [-0.3, -0.25) is 4.90 Å². The lowest BCUT2D eigenvalue weighted by molar-refractivity contribution is -0.243. The van der Waals surface area contributed by atoms with Gasteiger partial charge in [-0.05, 0) is 70.4 Å². The number of piperidine rings is 2. The highest BCUT2D eigenvalue weighted by Crippen LogP contribution is 2.37. The van der Waals surface area contributed by atoms with E-state index in [1.54, 1.807) is 0 Å². The van der Waals surface area contributed by atoms with E-state index < -0.39 is 22.2 Å². The minimum absolute atomic E-state index is 0.0666. The molecule has 0 aromatic heterocycles. The number of likely N-dealkylation sites (tertiary alicyclic amines) is 1. The van der Waals surface area contributed by atoms with Crippen molar-refractivity contribution in [1.82, 2.24) is 9.21 Å². The van der Waals surface area contributed by atoms with E-state index in [9.17, 15) is 18.6 Å². The Hall–Kier alpha value is -0.610. The predicted octanol–water partition coefficient (Wildman–Crippen LogP) is 5.07. The molecule has 34 heavy (non-hydrogen) atoms. The average molecular weight is 538 g/mol. The zero-order valence-electron chi connectivity index (χ0n) is 20.3. The molecule has 2 heterocycles. The fourth-order valence-corrected chi connectivity index (χ4v) is 7.08. The lowest BCUT2D eigenvalue weighted by atomic mass is 9.87. The van der Waals surface area contributed by atoms with Gasteiger partial charge in [0.2, 0.25) is 16.4 Å². The molecule has 194 valence electrons. The van der Waals surface area contributed by atoms with Gasteiger partial charge in [0.1, 0.15) is 4.90 Å². The van der Waals surface area contributed by atoms with Crippen LogP contribution in [0.2, 0.25) is 10.0 Å². The molecule has 10 heteroatoms. The lowest BCUT2D eigenvalue weighted by Crippen LogP contribution is -2.45. The largest absolute Gasteiger partial charge is 0.505 e. The van der Waals surface area contributed by atoms with Crippen molar-refractivity contribution in [3.8, 4) is 5.75 Å². The van der Waals surface area contributed by atoms with Crippen molar-refractivity contribution in [3.63, 3.8) is 0 Å². The van der Waals surface area contributed by atoms with Crippen LogP contribution in [0.1, 0.15) is 65.7 Å². The summed E-state index contributed by atoms with van der Waals surface area (Å²) >= 11 is 11.9. The Morgan fingerprint density at radius 3 is 2.09 bits per heavy atom. The molecule has 0 aliphatic carbocycles. The van der Waals surface area contributed by atoms with Crippen molar-refractivity contribution >= 4 is 33.2 Å². The molecule has 2 saturated heterocycles. The molecule has 0 amide bonds. The molecule has 1 aromatic carbocycles. The Balaban J connectivity index is 1.40. The molecule has 3 rings (SSSR count). The molecule has 2 fully saturated rings. The number of sulfonamides is 1. The Labute approximate surface area is 214 Å². The highest BCUT2D eigenvalue weighted by atomic mass is 35.5. The first-order valence-corrected chi connectivity index (χ1v) is 14.3. The van der Waals surface area contributed by atoms with E-state index in [-0.39, 0.29) is 20.5 Å². The van der Waals surface area contributed by atoms with Crippen molar-refractivity contribution in [1.29, 1.82) is 0 Å². The molecule has 0 saturated carbocycles. The molecule has 1 unspecified atom stereocenters. The second-order valence-electron chi connectivity index (χ2n) is 10.5. The summed E-state index contributed by atoms with van der Waals surface area (Å²) in [6.45, 7) is 8.39. The predicted molar refractivity (Wildman–Crippen MR) is 135 cm³/mol. The molecule has 0 spiro atoms. The van der Waals surface area contributed by atoms with Crippen LogP contribution in [0.3, 0.4) is 0 Å². The van der Waals surface area contributed by atoms with Gasteiger partial charge in [-0.1, -0.05) is 42.5 Å². The molecule has 2 aliphatic rings. The number of aliphatic hydroxyl groups excluding tert-OH is 1. The van der Waals surface area contributed by atoms with E-state index in [1.165, 1.54) is 16.4 Å². The molecule has 2 aliphatic heterocycles. The van der Waals surface area contributed by atoms with Crippen molar-refractivity contribution in [2.75, 3.05) is 26.2 Å². The van der Waals surface area contributed by atoms with E-state index >= 15 is 0 Å². The van der Waals surface area contributed by atoms with Crippen LogP contribution in [0.25, 0.3) is 0 Å². The highest BCUT2D eigenvalue weighted by Gasteiger charge is 2.32. The van der Waals surface area contributed by atoms with Crippen LogP contribution >= 0.6 is 23.2 Å². The number of benzene rings is 1. The van der Waals surface area contributed by atoms with Crippen LogP contribution in [-0.4, -0.2) is 66.0 Å². The number of phenolic OH excluding ortho intramolecular Hbond substituents is 1. The number of rotatable bonds is 8. The second kappa shape index (κ2) is 11.6. The summed E-state index contributed by atoms with van der Waals surface area (Å²) in [5.74, 6) is 0.718. The zero-order chi connectivity index (χ0) is 25.1. The molecular weight excluding hydrogens is 499 g/mol. The molecule has 2 N–H and O–H groups in total. The van der Waals surface area contributed by atoms with Crippen molar-refractivity contribution in [2.24, 2.45) is 11.8 Å². The van der Waals surface area contributed by atoms with Gasteiger partial charge in [0, 0.05) is 31.2 Å². The lowest BCUT2D eigenvalue weighted by Gasteiger charge is -2.37. The summed E-state index contributed by atoms with van der Waals surface area (Å²) < 4.78 is 33.1. The van der Waals surface area contributed by atoms with Crippen LogP contribution in [0.5, 0.6) is 5.75 Å². The Kier molecular flexibility index (Phi) is 9.57. The molecular formula is C24H38Cl2N2O5S. The van der Waals surface area contributed by atoms with Gasteiger partial charge < -0.3 is 14.9 Å². The second-order valence-corrected chi connectivity index (χ2v) is 13.3. The Morgan fingerprint density at radius 2 is 1.56 bits per heavy atom. The summed E-state index contributed by atoms with van der Waals surface area (Å²) in [5, 5.41) is 20.5. The van der Waals surface area contributed by atoms with Gasteiger partial charge in [-0.15, -0.1) is 0 Å². The van der Waals surface area contributed by atoms with Crippen LogP contribution < -0.4 is 0 Å². The normalized spacial score (nSPS) is 21.1. The summed E-state index contributed by atoms with van der Waals surface area (Å²) in [4.78, 5) is 1.77. The minimum atomic E-state index is -3.84. The summed E-state index contributed by atoms with van der Waals surface area (Å²) in [5.41, 5.74) is -0.368. The van der Waals surface area contributed by atoms with Gasteiger partial charge in [0.05, 0.1) is 10.6 Å². The maximum absolute atomic E-state index is 13.0. The van der Waals surface area contributed by atoms with E-state index in [1.807, 2.05) is 25.7 Å². The zero-order valence-corrected chi connectivity index (χ0v) is 22.7.